The molecule has 0 fully saturated rings. The zero-order valence-electron chi connectivity index (χ0n) is 9.66. The van der Waals surface area contributed by atoms with E-state index < -0.39 is 5.97 Å². The first-order valence-corrected chi connectivity index (χ1v) is 5.23. The summed E-state index contributed by atoms with van der Waals surface area (Å²) in [5.74, 6) is -0.279. The van der Waals surface area contributed by atoms with Crippen LogP contribution in [-0.4, -0.2) is 21.3 Å². The van der Waals surface area contributed by atoms with Crippen LogP contribution in [0.3, 0.4) is 0 Å². The molecule has 0 aliphatic heterocycles. The molecular weight excluding hydrogens is 192 g/mol. The first-order chi connectivity index (χ1) is 6.93. The fraction of sp³-hybridized carbons (Fsp3) is 0.636. The molecule has 0 aliphatic rings. The maximum atomic E-state index is 10.9. The van der Waals surface area contributed by atoms with E-state index in [1.165, 1.54) is 0 Å². The van der Waals surface area contributed by atoms with Crippen LogP contribution >= 0.6 is 0 Å². The van der Waals surface area contributed by atoms with Crippen LogP contribution in [0, 0.1) is 5.92 Å². The highest BCUT2D eigenvalue weighted by molar-refractivity contribution is 5.87. The summed E-state index contributed by atoms with van der Waals surface area (Å²) in [6.45, 7) is 8.18. The van der Waals surface area contributed by atoms with E-state index in [1.54, 1.807) is 0 Å². The summed E-state index contributed by atoms with van der Waals surface area (Å²) in [6, 6.07) is 0. The van der Waals surface area contributed by atoms with E-state index >= 15 is 0 Å². The Labute approximate surface area is 89.7 Å². The van der Waals surface area contributed by atoms with Crippen molar-refractivity contribution in [3.05, 3.63) is 17.0 Å². The van der Waals surface area contributed by atoms with E-state index in [0.717, 1.165) is 17.7 Å². The predicted octanol–water partition coefficient (Wildman–Crippen LogP) is 2.43. The van der Waals surface area contributed by atoms with Gasteiger partial charge in [0.2, 0.25) is 0 Å². The van der Waals surface area contributed by atoms with E-state index in [4.69, 9.17) is 5.11 Å². The van der Waals surface area contributed by atoms with Crippen molar-refractivity contribution in [1.82, 2.24) is 10.2 Å². The van der Waals surface area contributed by atoms with Crippen molar-refractivity contribution in [3.63, 3.8) is 0 Å². The maximum Gasteiger partial charge on any atom is 0.356 e. The van der Waals surface area contributed by atoms with Crippen LogP contribution in [0.5, 0.6) is 0 Å². The third-order valence-electron chi connectivity index (χ3n) is 2.28. The summed E-state index contributed by atoms with van der Waals surface area (Å²) in [6.07, 6.45) is 0.841. The van der Waals surface area contributed by atoms with Crippen molar-refractivity contribution >= 4 is 5.97 Å². The van der Waals surface area contributed by atoms with Crippen LogP contribution in [-0.2, 0) is 6.42 Å². The fourth-order valence-electron chi connectivity index (χ4n) is 1.74. The normalized spacial score (nSPS) is 11.3. The summed E-state index contributed by atoms with van der Waals surface area (Å²) in [5.41, 5.74) is 1.97. The molecule has 1 rings (SSSR count). The second kappa shape index (κ2) is 4.47. The average Bonchev–Trinajstić information content (AvgIpc) is 2.46. The first-order valence-electron chi connectivity index (χ1n) is 5.23. The molecule has 0 radical (unpaired) electrons. The summed E-state index contributed by atoms with van der Waals surface area (Å²) in [5, 5.41) is 15.7. The van der Waals surface area contributed by atoms with Gasteiger partial charge in [0, 0.05) is 11.3 Å². The Morgan fingerprint density at radius 2 is 2.00 bits per heavy atom. The Morgan fingerprint density at radius 3 is 2.40 bits per heavy atom. The van der Waals surface area contributed by atoms with E-state index in [0.29, 0.717) is 5.92 Å². The summed E-state index contributed by atoms with van der Waals surface area (Å²) in [4.78, 5) is 10.9. The Kier molecular flexibility index (Phi) is 3.50. The Hall–Kier alpha value is -1.32. The molecule has 15 heavy (non-hydrogen) atoms. The zero-order chi connectivity index (χ0) is 11.6. The van der Waals surface area contributed by atoms with Crippen LogP contribution in [0.15, 0.2) is 0 Å². The van der Waals surface area contributed by atoms with Crippen LogP contribution < -0.4 is 0 Å². The molecule has 0 spiro atoms. The molecule has 0 saturated heterocycles. The standard InChI is InChI=1S/C11H18N2O2/c1-6(2)5-8-9(7(3)4)10(11(14)15)13-12-8/h6-7H,5H2,1-4H3,(H,12,13)(H,14,15). The van der Waals surface area contributed by atoms with Gasteiger partial charge in [-0.05, 0) is 18.3 Å². The molecule has 0 amide bonds. The molecule has 1 aromatic rings. The highest BCUT2D eigenvalue weighted by atomic mass is 16.4. The summed E-state index contributed by atoms with van der Waals surface area (Å²) >= 11 is 0. The average molecular weight is 210 g/mol. The molecule has 0 saturated carbocycles. The van der Waals surface area contributed by atoms with Gasteiger partial charge in [0.15, 0.2) is 5.69 Å². The molecule has 0 bridgehead atoms. The van der Waals surface area contributed by atoms with Gasteiger partial charge in [-0.2, -0.15) is 5.10 Å². The van der Waals surface area contributed by atoms with Crippen molar-refractivity contribution < 1.29 is 9.90 Å². The highest BCUT2D eigenvalue weighted by Gasteiger charge is 2.21. The Bertz CT molecular complexity index is 353. The lowest BCUT2D eigenvalue weighted by atomic mass is 9.96. The summed E-state index contributed by atoms with van der Waals surface area (Å²) in [7, 11) is 0. The second-order valence-electron chi connectivity index (χ2n) is 4.52. The SMILES string of the molecule is CC(C)Cc1[nH]nc(C(=O)O)c1C(C)C. The van der Waals surface area contributed by atoms with Gasteiger partial charge in [0.05, 0.1) is 0 Å². The van der Waals surface area contributed by atoms with Crippen molar-refractivity contribution in [3.8, 4) is 0 Å². The number of aromatic amines is 1. The number of H-pyrrole nitrogens is 1. The van der Waals surface area contributed by atoms with Gasteiger partial charge in [-0.1, -0.05) is 27.7 Å². The minimum Gasteiger partial charge on any atom is -0.476 e. The topological polar surface area (TPSA) is 66.0 Å². The summed E-state index contributed by atoms with van der Waals surface area (Å²) < 4.78 is 0. The van der Waals surface area contributed by atoms with E-state index in [1.807, 2.05) is 13.8 Å². The number of nitrogens with one attached hydrogen (secondary N) is 1. The molecule has 1 aromatic heterocycles. The minimum atomic E-state index is -0.954. The molecule has 0 aliphatic carbocycles. The number of hydrogen-bond donors (Lipinski definition) is 2. The number of carbonyl (C=O) groups is 1. The third kappa shape index (κ3) is 2.58. The van der Waals surface area contributed by atoms with Crippen LogP contribution in [0.25, 0.3) is 0 Å². The van der Waals surface area contributed by atoms with Gasteiger partial charge >= 0.3 is 5.97 Å². The number of aromatic carboxylic acids is 1. The quantitative estimate of drug-likeness (QED) is 0.802. The number of carboxylic acids is 1. The number of aromatic nitrogens is 2. The van der Waals surface area contributed by atoms with Crippen molar-refractivity contribution in [2.24, 2.45) is 5.92 Å². The molecule has 0 aromatic carbocycles. The van der Waals surface area contributed by atoms with E-state index in [9.17, 15) is 4.79 Å². The van der Waals surface area contributed by atoms with Gasteiger partial charge in [-0.15, -0.1) is 0 Å². The predicted molar refractivity (Wildman–Crippen MR) is 58.2 cm³/mol. The minimum absolute atomic E-state index is 0.167. The number of nitrogens with zero attached hydrogens (tertiary/aromatic N) is 1. The number of rotatable bonds is 4. The van der Waals surface area contributed by atoms with Crippen molar-refractivity contribution in [1.29, 1.82) is 0 Å². The van der Waals surface area contributed by atoms with Gasteiger partial charge in [0.1, 0.15) is 0 Å². The van der Waals surface area contributed by atoms with Gasteiger partial charge in [-0.3, -0.25) is 5.10 Å². The second-order valence-corrected chi connectivity index (χ2v) is 4.52. The van der Waals surface area contributed by atoms with Crippen LogP contribution in [0.1, 0.15) is 55.4 Å². The third-order valence-corrected chi connectivity index (χ3v) is 2.28. The number of carboxylic acid groups (broad SMARTS) is 1. The molecule has 4 nitrogen and oxygen atoms in total. The largest absolute Gasteiger partial charge is 0.476 e. The first kappa shape index (κ1) is 11.8. The van der Waals surface area contributed by atoms with Gasteiger partial charge in [0.25, 0.3) is 0 Å². The van der Waals surface area contributed by atoms with Crippen molar-refractivity contribution in [2.45, 2.75) is 40.0 Å². The molecule has 0 atom stereocenters. The lowest BCUT2D eigenvalue weighted by molar-refractivity contribution is 0.0689. The van der Waals surface area contributed by atoms with E-state index in [2.05, 4.69) is 24.0 Å². The van der Waals surface area contributed by atoms with Crippen LogP contribution in [0.2, 0.25) is 0 Å². The Balaban J connectivity index is 3.12. The zero-order valence-corrected chi connectivity index (χ0v) is 9.66. The number of hydrogen-bond acceptors (Lipinski definition) is 2. The molecule has 0 unspecified atom stereocenters. The fourth-order valence-corrected chi connectivity index (χ4v) is 1.74. The van der Waals surface area contributed by atoms with Gasteiger partial charge in [-0.25, -0.2) is 4.79 Å². The lowest BCUT2D eigenvalue weighted by Crippen LogP contribution is -2.05. The van der Waals surface area contributed by atoms with Crippen molar-refractivity contribution in [2.75, 3.05) is 0 Å². The molecular formula is C11H18N2O2. The molecule has 4 heteroatoms. The van der Waals surface area contributed by atoms with Crippen LogP contribution in [0.4, 0.5) is 0 Å². The Morgan fingerprint density at radius 1 is 1.40 bits per heavy atom. The molecule has 2 N–H and O–H groups in total. The monoisotopic (exact) mass is 210 g/mol. The molecule has 84 valence electrons. The highest BCUT2D eigenvalue weighted by Crippen LogP contribution is 2.23. The molecule has 1 heterocycles. The van der Waals surface area contributed by atoms with Gasteiger partial charge < -0.3 is 5.11 Å². The lowest BCUT2D eigenvalue weighted by Gasteiger charge is -2.09. The van der Waals surface area contributed by atoms with E-state index in [-0.39, 0.29) is 11.6 Å². The smallest absolute Gasteiger partial charge is 0.356 e. The maximum absolute atomic E-state index is 10.9.